The molecule has 2 N–H and O–H groups in total. The number of amides is 1. The monoisotopic (exact) mass is 428 g/mol. The van der Waals surface area contributed by atoms with Gasteiger partial charge in [-0.2, -0.15) is 0 Å². The van der Waals surface area contributed by atoms with Crippen molar-refractivity contribution in [3.8, 4) is 0 Å². The Morgan fingerprint density at radius 1 is 1.45 bits per heavy atom. The Hall–Kier alpha value is -3.07. The molecule has 3 aliphatic rings. The van der Waals surface area contributed by atoms with E-state index in [0.29, 0.717) is 24.5 Å². The average Bonchev–Trinajstić information content (AvgIpc) is 3.41. The highest BCUT2D eigenvalue weighted by Gasteiger charge is 2.63. The Labute approximate surface area is 179 Å². The summed E-state index contributed by atoms with van der Waals surface area (Å²) in [5, 5.41) is 9.93. The van der Waals surface area contributed by atoms with Crippen LogP contribution in [0.15, 0.2) is 36.7 Å². The number of hydrogen-bond acceptors (Lipinski definition) is 6. The van der Waals surface area contributed by atoms with Gasteiger partial charge < -0.3 is 20.1 Å². The van der Waals surface area contributed by atoms with Crippen LogP contribution in [-0.2, 0) is 9.53 Å². The molecule has 5 rings (SSSR count). The molecule has 3 fully saturated rings. The number of rotatable bonds is 4. The van der Waals surface area contributed by atoms with Crippen molar-refractivity contribution in [3.63, 3.8) is 0 Å². The highest BCUT2D eigenvalue weighted by molar-refractivity contribution is 5.92. The molecule has 0 aromatic carbocycles. The SMILES string of the molecule is Cc1cccc(C(=O)NC[C@H]2[C@H]3CN(c4ccncc4F)C[C@]34CC[C@H]2O4)n1.O=CO. The van der Waals surface area contributed by atoms with Crippen molar-refractivity contribution < 1.29 is 23.8 Å². The molecule has 2 bridgehead atoms. The fourth-order valence-electron chi connectivity index (χ4n) is 5.24. The average molecular weight is 428 g/mol. The number of pyridine rings is 2. The molecular formula is C22H25FN4O4. The van der Waals surface area contributed by atoms with Gasteiger partial charge in [-0.15, -0.1) is 0 Å². The van der Waals surface area contributed by atoms with Gasteiger partial charge in [0.15, 0.2) is 5.82 Å². The Kier molecular flexibility index (Phi) is 5.86. The second-order valence-corrected chi connectivity index (χ2v) is 8.22. The van der Waals surface area contributed by atoms with Crippen LogP contribution in [0, 0.1) is 24.6 Å². The van der Waals surface area contributed by atoms with E-state index in [9.17, 15) is 9.18 Å². The maximum atomic E-state index is 14.2. The number of nitrogens with one attached hydrogen (secondary N) is 1. The van der Waals surface area contributed by atoms with Crippen molar-refractivity contribution in [2.45, 2.75) is 31.5 Å². The minimum Gasteiger partial charge on any atom is -0.483 e. The van der Waals surface area contributed by atoms with Crippen molar-refractivity contribution >= 4 is 18.1 Å². The first kappa shape index (κ1) is 21.2. The number of nitrogens with zero attached hydrogens (tertiary/aromatic N) is 3. The van der Waals surface area contributed by atoms with E-state index in [1.54, 1.807) is 18.3 Å². The van der Waals surface area contributed by atoms with E-state index in [-0.39, 0.29) is 41.7 Å². The van der Waals surface area contributed by atoms with E-state index in [1.165, 1.54) is 6.20 Å². The van der Waals surface area contributed by atoms with Gasteiger partial charge in [0.05, 0.1) is 23.6 Å². The quantitative estimate of drug-likeness (QED) is 0.718. The molecule has 2 aromatic rings. The van der Waals surface area contributed by atoms with Crippen LogP contribution in [0.4, 0.5) is 10.1 Å². The van der Waals surface area contributed by atoms with Gasteiger partial charge in [0.25, 0.3) is 12.4 Å². The lowest BCUT2D eigenvalue weighted by molar-refractivity contribution is -0.122. The molecule has 2 aromatic heterocycles. The molecule has 3 saturated heterocycles. The number of ether oxygens (including phenoxy) is 1. The normalized spacial score (nSPS) is 27.9. The number of anilines is 1. The molecule has 31 heavy (non-hydrogen) atoms. The zero-order chi connectivity index (χ0) is 22.0. The molecule has 5 heterocycles. The molecule has 1 amide bonds. The van der Waals surface area contributed by atoms with Gasteiger partial charge >= 0.3 is 0 Å². The Balaban J connectivity index is 0.000000730. The van der Waals surface area contributed by atoms with Crippen molar-refractivity contribution in [1.82, 2.24) is 15.3 Å². The van der Waals surface area contributed by atoms with Crippen LogP contribution in [-0.4, -0.2) is 58.8 Å². The summed E-state index contributed by atoms with van der Waals surface area (Å²) in [6, 6.07) is 7.16. The molecule has 3 aliphatic heterocycles. The van der Waals surface area contributed by atoms with Crippen molar-refractivity contribution in [2.75, 3.05) is 24.5 Å². The lowest BCUT2D eigenvalue weighted by Gasteiger charge is -2.29. The molecule has 8 nitrogen and oxygen atoms in total. The lowest BCUT2D eigenvalue weighted by atomic mass is 9.73. The van der Waals surface area contributed by atoms with Crippen LogP contribution >= 0.6 is 0 Å². The van der Waals surface area contributed by atoms with Gasteiger partial charge in [-0.3, -0.25) is 14.6 Å². The third kappa shape index (κ3) is 3.97. The molecule has 164 valence electrons. The van der Waals surface area contributed by atoms with E-state index in [2.05, 4.69) is 20.2 Å². The second-order valence-electron chi connectivity index (χ2n) is 8.22. The number of carbonyl (C=O) groups excluding carboxylic acids is 1. The van der Waals surface area contributed by atoms with Gasteiger partial charge in [0, 0.05) is 43.4 Å². The fraction of sp³-hybridized carbons (Fsp3) is 0.455. The molecule has 0 radical (unpaired) electrons. The lowest BCUT2D eigenvalue weighted by Crippen LogP contribution is -2.42. The maximum absolute atomic E-state index is 14.2. The molecule has 0 unspecified atom stereocenters. The molecule has 0 saturated carbocycles. The standard InChI is InChI=1S/C21H23FN4O2.CH2O2/c1-13-3-2-4-17(25-13)20(27)24-9-14-15-11-26(18-6-8-23-10-16(18)22)12-21(15)7-5-19(14)28-21;2-1-3/h2-4,6,8,10,14-15,19H,5,7,9,11-12H2,1H3,(H,24,27);1H,(H,2,3)/t14-,15+,19+,21+;/m0./s1. The zero-order valence-corrected chi connectivity index (χ0v) is 17.2. The molecule has 0 aliphatic carbocycles. The summed E-state index contributed by atoms with van der Waals surface area (Å²) in [6.07, 6.45) is 5.03. The largest absolute Gasteiger partial charge is 0.483 e. The van der Waals surface area contributed by atoms with Crippen molar-refractivity contribution in [2.24, 2.45) is 11.8 Å². The first-order chi connectivity index (χ1) is 15.0. The van der Waals surface area contributed by atoms with Gasteiger partial charge in [-0.1, -0.05) is 6.07 Å². The summed E-state index contributed by atoms with van der Waals surface area (Å²) in [7, 11) is 0. The molecular weight excluding hydrogens is 403 g/mol. The highest BCUT2D eigenvalue weighted by atomic mass is 19.1. The van der Waals surface area contributed by atoms with Crippen LogP contribution in [0.25, 0.3) is 0 Å². The van der Waals surface area contributed by atoms with Crippen LogP contribution in [0.1, 0.15) is 29.0 Å². The minimum absolute atomic E-state index is 0.157. The fourth-order valence-corrected chi connectivity index (χ4v) is 5.24. The van der Waals surface area contributed by atoms with Crippen molar-refractivity contribution in [3.05, 3.63) is 53.9 Å². The Morgan fingerprint density at radius 2 is 2.26 bits per heavy atom. The molecule has 4 atom stereocenters. The summed E-state index contributed by atoms with van der Waals surface area (Å²) in [5.74, 6) is 0.0568. The van der Waals surface area contributed by atoms with Crippen LogP contribution < -0.4 is 10.2 Å². The topological polar surface area (TPSA) is 105 Å². The number of fused-ring (bicyclic) bond motifs is 1. The minimum atomic E-state index is -0.302. The number of carboxylic acid groups (broad SMARTS) is 1. The number of hydrogen-bond donors (Lipinski definition) is 2. The van der Waals surface area contributed by atoms with E-state index in [1.807, 2.05) is 19.1 Å². The first-order valence-electron chi connectivity index (χ1n) is 10.3. The van der Waals surface area contributed by atoms with E-state index < -0.39 is 0 Å². The van der Waals surface area contributed by atoms with Gasteiger partial charge in [0.1, 0.15) is 5.69 Å². The first-order valence-corrected chi connectivity index (χ1v) is 10.3. The van der Waals surface area contributed by atoms with Gasteiger partial charge in [-0.25, -0.2) is 9.37 Å². The number of halogens is 1. The summed E-state index contributed by atoms with van der Waals surface area (Å²) < 4.78 is 20.6. The maximum Gasteiger partial charge on any atom is 0.290 e. The predicted octanol–water partition coefficient (Wildman–Crippen LogP) is 2.04. The zero-order valence-electron chi connectivity index (χ0n) is 17.2. The second kappa shape index (κ2) is 8.58. The third-order valence-electron chi connectivity index (χ3n) is 6.49. The smallest absolute Gasteiger partial charge is 0.290 e. The molecule has 1 spiro atoms. The van der Waals surface area contributed by atoms with E-state index in [0.717, 1.165) is 25.1 Å². The third-order valence-corrected chi connectivity index (χ3v) is 6.49. The van der Waals surface area contributed by atoms with E-state index >= 15 is 0 Å². The number of aromatic nitrogens is 2. The number of carbonyl (C=O) groups is 2. The van der Waals surface area contributed by atoms with Crippen LogP contribution in [0.5, 0.6) is 0 Å². The van der Waals surface area contributed by atoms with Crippen LogP contribution in [0.3, 0.4) is 0 Å². The Morgan fingerprint density at radius 3 is 3.00 bits per heavy atom. The molecule has 9 heteroatoms. The summed E-state index contributed by atoms with van der Waals surface area (Å²) in [4.78, 5) is 31.1. The summed E-state index contributed by atoms with van der Waals surface area (Å²) in [6.45, 7) is 3.60. The van der Waals surface area contributed by atoms with Gasteiger partial charge in [0.2, 0.25) is 0 Å². The summed E-state index contributed by atoms with van der Waals surface area (Å²) >= 11 is 0. The number of aryl methyl sites for hydroxylation is 1. The van der Waals surface area contributed by atoms with Gasteiger partial charge in [-0.05, 0) is 38.0 Å². The van der Waals surface area contributed by atoms with Crippen LogP contribution in [0.2, 0.25) is 0 Å². The van der Waals surface area contributed by atoms with E-state index in [4.69, 9.17) is 14.6 Å². The summed E-state index contributed by atoms with van der Waals surface area (Å²) in [5.41, 5.74) is 1.61. The predicted molar refractivity (Wildman–Crippen MR) is 110 cm³/mol. The highest BCUT2D eigenvalue weighted by Crippen LogP contribution is 2.55. The van der Waals surface area contributed by atoms with Crippen molar-refractivity contribution in [1.29, 1.82) is 0 Å². The Bertz CT molecular complexity index is 974.